The van der Waals surface area contributed by atoms with Crippen LogP contribution in [0, 0.1) is 3.01 Å². The molecular formula is C10H9IN2O4S. The first kappa shape index (κ1) is 13.3. The van der Waals surface area contributed by atoms with Crippen LogP contribution in [-0.4, -0.2) is 22.7 Å². The van der Waals surface area contributed by atoms with E-state index in [0.717, 1.165) is 8.02 Å². The zero-order valence-corrected chi connectivity index (χ0v) is 12.5. The largest absolute Gasteiger partial charge is 0.419 e. The standard InChI is InChI=1S/C10H9IN2O4S/c1-10(2)16-7(14)5(8(15)17-10)3-12-6-4-13-9(11)18-6/h3-4,12H,1-2H3. The van der Waals surface area contributed by atoms with Gasteiger partial charge in [-0.25, -0.2) is 14.6 Å². The predicted molar refractivity (Wildman–Crippen MR) is 72.8 cm³/mol. The van der Waals surface area contributed by atoms with Gasteiger partial charge in [-0.3, -0.25) is 0 Å². The molecule has 1 aromatic rings. The van der Waals surface area contributed by atoms with Crippen LogP contribution in [0.4, 0.5) is 5.00 Å². The normalized spacial score (nSPS) is 18.1. The van der Waals surface area contributed by atoms with Crippen molar-refractivity contribution in [3.63, 3.8) is 0 Å². The molecule has 96 valence electrons. The first-order valence-electron chi connectivity index (χ1n) is 4.92. The minimum Gasteiger partial charge on any atom is -0.419 e. The van der Waals surface area contributed by atoms with E-state index in [1.807, 2.05) is 0 Å². The fraction of sp³-hybridized carbons (Fsp3) is 0.300. The van der Waals surface area contributed by atoms with Gasteiger partial charge in [-0.15, -0.1) is 0 Å². The Morgan fingerprint density at radius 2 is 2.00 bits per heavy atom. The highest BCUT2D eigenvalue weighted by Gasteiger charge is 2.38. The van der Waals surface area contributed by atoms with E-state index in [4.69, 9.17) is 9.47 Å². The number of anilines is 1. The Hall–Kier alpha value is -1.16. The molecule has 2 rings (SSSR count). The van der Waals surface area contributed by atoms with E-state index in [-0.39, 0.29) is 5.57 Å². The molecule has 0 spiro atoms. The third-order valence-electron chi connectivity index (χ3n) is 1.95. The van der Waals surface area contributed by atoms with Gasteiger partial charge in [0.2, 0.25) is 0 Å². The SMILES string of the molecule is CC1(C)OC(=O)C(=CNc2cnc(I)s2)C(=O)O1. The molecule has 1 aliphatic heterocycles. The maximum atomic E-state index is 11.6. The molecule has 0 bridgehead atoms. The summed E-state index contributed by atoms with van der Waals surface area (Å²) in [5.74, 6) is -2.63. The van der Waals surface area contributed by atoms with E-state index in [1.165, 1.54) is 31.4 Å². The second-order valence-electron chi connectivity index (χ2n) is 3.86. The van der Waals surface area contributed by atoms with Gasteiger partial charge in [-0.05, 0) is 22.6 Å². The van der Waals surface area contributed by atoms with Crippen LogP contribution < -0.4 is 5.32 Å². The summed E-state index contributed by atoms with van der Waals surface area (Å²) in [4.78, 5) is 27.2. The number of rotatable bonds is 2. The Labute approximate surface area is 121 Å². The molecule has 0 atom stereocenters. The number of esters is 2. The number of hydrogen-bond donors (Lipinski definition) is 1. The van der Waals surface area contributed by atoms with Crippen LogP contribution in [0.5, 0.6) is 0 Å². The Balaban J connectivity index is 2.13. The van der Waals surface area contributed by atoms with E-state index in [1.54, 1.807) is 6.20 Å². The Bertz CT molecular complexity index is 516. The van der Waals surface area contributed by atoms with E-state index >= 15 is 0 Å². The molecule has 0 radical (unpaired) electrons. The number of aromatic nitrogens is 1. The first-order valence-corrected chi connectivity index (χ1v) is 6.82. The number of carbonyl (C=O) groups excluding carboxylic acids is 2. The molecular weight excluding hydrogens is 371 g/mol. The average Bonchev–Trinajstić information content (AvgIpc) is 2.61. The van der Waals surface area contributed by atoms with Gasteiger partial charge < -0.3 is 14.8 Å². The number of halogens is 1. The second-order valence-corrected chi connectivity index (χ2v) is 6.64. The van der Waals surface area contributed by atoms with Gasteiger partial charge in [-0.1, -0.05) is 11.3 Å². The quantitative estimate of drug-likeness (QED) is 0.366. The van der Waals surface area contributed by atoms with Crippen molar-refractivity contribution >= 4 is 50.9 Å². The number of thiazole rings is 1. The molecule has 0 unspecified atom stereocenters. The molecule has 8 heteroatoms. The Morgan fingerprint density at radius 1 is 1.39 bits per heavy atom. The fourth-order valence-corrected chi connectivity index (χ4v) is 2.60. The minimum absolute atomic E-state index is 0.169. The van der Waals surface area contributed by atoms with Gasteiger partial charge in [0.1, 0.15) is 5.00 Å². The molecule has 0 saturated carbocycles. The summed E-state index contributed by atoms with van der Waals surface area (Å²) in [5.41, 5.74) is -0.169. The van der Waals surface area contributed by atoms with Crippen LogP contribution in [0.3, 0.4) is 0 Å². The molecule has 0 aromatic carbocycles. The van der Waals surface area contributed by atoms with Crippen LogP contribution in [0.15, 0.2) is 18.0 Å². The van der Waals surface area contributed by atoms with Gasteiger partial charge >= 0.3 is 11.9 Å². The lowest BCUT2D eigenvalue weighted by Crippen LogP contribution is -2.42. The van der Waals surface area contributed by atoms with Gasteiger partial charge in [0, 0.05) is 20.0 Å². The van der Waals surface area contributed by atoms with Crippen molar-refractivity contribution < 1.29 is 19.1 Å². The summed E-state index contributed by atoms with van der Waals surface area (Å²) in [7, 11) is 0. The minimum atomic E-state index is -1.22. The van der Waals surface area contributed by atoms with Crippen LogP contribution in [0.2, 0.25) is 0 Å². The molecule has 2 heterocycles. The monoisotopic (exact) mass is 380 g/mol. The van der Waals surface area contributed by atoms with E-state index in [0.29, 0.717) is 0 Å². The summed E-state index contributed by atoms with van der Waals surface area (Å²) >= 11 is 3.47. The smallest absolute Gasteiger partial charge is 0.350 e. The number of hydrogen-bond acceptors (Lipinski definition) is 7. The molecule has 1 fully saturated rings. The predicted octanol–water partition coefficient (Wildman–Crippen LogP) is 1.88. The molecule has 1 aromatic heterocycles. The van der Waals surface area contributed by atoms with Gasteiger partial charge in [0.25, 0.3) is 5.79 Å². The van der Waals surface area contributed by atoms with Crippen molar-refractivity contribution in [2.24, 2.45) is 0 Å². The highest BCUT2D eigenvalue weighted by molar-refractivity contribution is 14.1. The molecule has 0 aliphatic carbocycles. The summed E-state index contributed by atoms with van der Waals surface area (Å²) in [6.45, 7) is 3.00. The number of carbonyl (C=O) groups is 2. The van der Waals surface area contributed by atoms with Crippen molar-refractivity contribution in [1.29, 1.82) is 0 Å². The highest BCUT2D eigenvalue weighted by atomic mass is 127. The lowest BCUT2D eigenvalue weighted by atomic mass is 10.2. The molecule has 6 nitrogen and oxygen atoms in total. The lowest BCUT2D eigenvalue weighted by molar-refractivity contribution is -0.222. The van der Waals surface area contributed by atoms with E-state index in [9.17, 15) is 9.59 Å². The van der Waals surface area contributed by atoms with Crippen molar-refractivity contribution in [3.05, 3.63) is 21.0 Å². The topological polar surface area (TPSA) is 77.5 Å². The summed E-state index contributed by atoms with van der Waals surface area (Å²) in [5, 5.41) is 3.53. The van der Waals surface area contributed by atoms with Gasteiger partial charge in [0.15, 0.2) is 8.59 Å². The Morgan fingerprint density at radius 3 is 2.50 bits per heavy atom. The summed E-state index contributed by atoms with van der Waals surface area (Å²) < 4.78 is 10.7. The lowest BCUT2D eigenvalue weighted by Gasteiger charge is -2.29. The van der Waals surface area contributed by atoms with Crippen LogP contribution >= 0.6 is 33.9 Å². The average molecular weight is 380 g/mol. The van der Waals surface area contributed by atoms with Crippen LogP contribution in [-0.2, 0) is 19.1 Å². The van der Waals surface area contributed by atoms with Crippen molar-refractivity contribution in [3.8, 4) is 0 Å². The molecule has 0 amide bonds. The first-order chi connectivity index (χ1) is 8.37. The van der Waals surface area contributed by atoms with E-state index in [2.05, 4.69) is 32.9 Å². The molecule has 18 heavy (non-hydrogen) atoms. The maximum absolute atomic E-state index is 11.6. The van der Waals surface area contributed by atoms with Crippen LogP contribution in [0.1, 0.15) is 13.8 Å². The van der Waals surface area contributed by atoms with Crippen LogP contribution in [0.25, 0.3) is 0 Å². The maximum Gasteiger partial charge on any atom is 0.350 e. The Kier molecular flexibility index (Phi) is 3.57. The second kappa shape index (κ2) is 4.84. The van der Waals surface area contributed by atoms with E-state index < -0.39 is 17.7 Å². The zero-order chi connectivity index (χ0) is 13.3. The third-order valence-corrected chi connectivity index (χ3v) is 3.61. The fourth-order valence-electron chi connectivity index (χ4n) is 1.24. The summed E-state index contributed by atoms with van der Waals surface area (Å²) in [6, 6.07) is 0. The van der Waals surface area contributed by atoms with Gasteiger partial charge in [0.05, 0.1) is 6.20 Å². The summed E-state index contributed by atoms with van der Waals surface area (Å²) in [6.07, 6.45) is 2.87. The van der Waals surface area contributed by atoms with Crippen molar-refractivity contribution in [2.75, 3.05) is 5.32 Å². The number of nitrogens with zero attached hydrogens (tertiary/aromatic N) is 1. The molecule has 1 N–H and O–H groups in total. The molecule has 1 aliphatic rings. The number of cyclic esters (lactones) is 2. The number of nitrogens with one attached hydrogen (secondary N) is 1. The number of ether oxygens (including phenoxy) is 2. The van der Waals surface area contributed by atoms with Gasteiger partial charge in [-0.2, -0.15) is 0 Å². The third kappa shape index (κ3) is 2.99. The van der Waals surface area contributed by atoms with Crippen molar-refractivity contribution in [1.82, 2.24) is 4.98 Å². The highest BCUT2D eigenvalue weighted by Crippen LogP contribution is 2.24. The van der Waals surface area contributed by atoms with Crippen molar-refractivity contribution in [2.45, 2.75) is 19.6 Å². The molecule has 1 saturated heterocycles. The zero-order valence-electron chi connectivity index (χ0n) is 9.52.